The standard InChI is InChI=1S/C46H59F2NO4/c1-42(2,3)33-22-30(23-34(40(33)52-13)43(4,5)6)46(51,31-24-35(44(7,8)9)41(53-14)36(25-31)45(10,11)12)38(20-28-18-16-15-17-19-28)49-27-29-21-32(47)26-37(48)39(29)50/h15-19,21-27,38,50-51H,20H2,1-14H3. The van der Waals surface area contributed by atoms with Crippen LogP contribution in [0.2, 0.25) is 0 Å². The third-order valence-electron chi connectivity index (χ3n) is 9.90. The van der Waals surface area contributed by atoms with Crippen LogP contribution in [0.25, 0.3) is 0 Å². The molecule has 286 valence electrons. The van der Waals surface area contributed by atoms with Crippen molar-refractivity contribution in [1.29, 1.82) is 0 Å². The first-order valence-electron chi connectivity index (χ1n) is 18.3. The van der Waals surface area contributed by atoms with E-state index in [-0.39, 0.29) is 12.0 Å². The molecule has 0 bridgehead atoms. The molecule has 0 saturated heterocycles. The lowest BCUT2D eigenvalue weighted by Crippen LogP contribution is -2.42. The van der Waals surface area contributed by atoms with Crippen molar-refractivity contribution in [2.75, 3.05) is 14.2 Å². The van der Waals surface area contributed by atoms with E-state index in [1.165, 1.54) is 6.21 Å². The molecular formula is C46H59F2NO4. The monoisotopic (exact) mass is 727 g/mol. The van der Waals surface area contributed by atoms with Crippen molar-refractivity contribution in [2.45, 2.75) is 123 Å². The van der Waals surface area contributed by atoms with Gasteiger partial charge in [-0.1, -0.05) is 113 Å². The third-order valence-corrected chi connectivity index (χ3v) is 9.90. The van der Waals surface area contributed by atoms with Gasteiger partial charge in [0.25, 0.3) is 0 Å². The van der Waals surface area contributed by atoms with Gasteiger partial charge in [0.2, 0.25) is 0 Å². The molecule has 2 N–H and O–H groups in total. The van der Waals surface area contributed by atoms with E-state index in [9.17, 15) is 19.0 Å². The van der Waals surface area contributed by atoms with Crippen LogP contribution in [-0.2, 0) is 33.7 Å². The molecule has 0 fully saturated rings. The molecule has 0 aliphatic carbocycles. The second-order valence-corrected chi connectivity index (χ2v) is 18.3. The highest BCUT2D eigenvalue weighted by atomic mass is 19.1. The van der Waals surface area contributed by atoms with Crippen molar-refractivity contribution >= 4 is 6.21 Å². The Kier molecular flexibility index (Phi) is 11.7. The Morgan fingerprint density at radius 3 is 1.40 bits per heavy atom. The van der Waals surface area contributed by atoms with E-state index < -0.39 is 50.7 Å². The highest BCUT2D eigenvalue weighted by Crippen LogP contribution is 2.49. The van der Waals surface area contributed by atoms with E-state index in [1.807, 2.05) is 54.6 Å². The lowest BCUT2D eigenvalue weighted by molar-refractivity contribution is 0.0521. The molecule has 0 heterocycles. The molecule has 7 heteroatoms. The molecule has 0 aliphatic heterocycles. The summed E-state index contributed by atoms with van der Waals surface area (Å²) in [7, 11) is 3.35. The highest BCUT2D eigenvalue weighted by molar-refractivity contribution is 5.83. The average molecular weight is 728 g/mol. The van der Waals surface area contributed by atoms with Crippen LogP contribution in [0.1, 0.15) is 128 Å². The number of ether oxygens (including phenoxy) is 2. The van der Waals surface area contributed by atoms with Gasteiger partial charge in [-0.25, -0.2) is 8.78 Å². The van der Waals surface area contributed by atoms with E-state index in [0.29, 0.717) is 17.2 Å². The van der Waals surface area contributed by atoms with Crippen molar-refractivity contribution in [1.82, 2.24) is 0 Å². The maximum Gasteiger partial charge on any atom is 0.168 e. The molecular weight excluding hydrogens is 669 g/mol. The molecule has 0 aliphatic rings. The van der Waals surface area contributed by atoms with Crippen LogP contribution < -0.4 is 9.47 Å². The fourth-order valence-electron chi connectivity index (χ4n) is 6.92. The van der Waals surface area contributed by atoms with Gasteiger partial charge >= 0.3 is 0 Å². The fraction of sp³-hybridized carbons (Fsp3) is 0.457. The van der Waals surface area contributed by atoms with Crippen LogP contribution in [0, 0.1) is 11.6 Å². The number of hydrogen-bond acceptors (Lipinski definition) is 5. The largest absolute Gasteiger partial charge is 0.504 e. The van der Waals surface area contributed by atoms with E-state index in [1.54, 1.807) is 14.2 Å². The van der Waals surface area contributed by atoms with E-state index in [0.717, 1.165) is 45.4 Å². The van der Waals surface area contributed by atoms with Crippen LogP contribution in [0.4, 0.5) is 8.78 Å². The summed E-state index contributed by atoms with van der Waals surface area (Å²) in [6, 6.07) is 18.5. The third kappa shape index (κ3) is 8.78. The number of aromatic hydroxyl groups is 1. The Hall–Kier alpha value is -4.23. The molecule has 0 amide bonds. The first kappa shape index (κ1) is 41.5. The van der Waals surface area contributed by atoms with Crippen LogP contribution in [0.15, 0.2) is 71.7 Å². The molecule has 0 radical (unpaired) electrons. The molecule has 1 atom stereocenters. The van der Waals surface area contributed by atoms with Crippen LogP contribution in [0.5, 0.6) is 17.2 Å². The minimum absolute atomic E-state index is 0.135. The number of halogens is 2. The van der Waals surface area contributed by atoms with E-state index in [4.69, 9.17) is 14.5 Å². The van der Waals surface area contributed by atoms with Gasteiger partial charge in [0, 0.05) is 40.1 Å². The zero-order valence-electron chi connectivity index (χ0n) is 34.1. The van der Waals surface area contributed by atoms with Gasteiger partial charge in [-0.3, -0.25) is 4.99 Å². The molecule has 0 aromatic heterocycles. The summed E-state index contributed by atoms with van der Waals surface area (Å²) in [6.45, 7) is 25.4. The maximum absolute atomic E-state index is 14.6. The molecule has 0 saturated carbocycles. The summed E-state index contributed by atoms with van der Waals surface area (Å²) in [5.74, 6) is -1.17. The summed E-state index contributed by atoms with van der Waals surface area (Å²) in [5.41, 5.74) is 2.18. The van der Waals surface area contributed by atoms with Gasteiger partial charge in [0.1, 0.15) is 22.9 Å². The van der Waals surface area contributed by atoms with E-state index in [2.05, 4.69) is 83.1 Å². The van der Waals surface area contributed by atoms with Crippen molar-refractivity contribution in [3.63, 3.8) is 0 Å². The topological polar surface area (TPSA) is 71.3 Å². The molecule has 1 unspecified atom stereocenters. The zero-order chi connectivity index (χ0) is 39.9. The number of methoxy groups -OCH3 is 2. The van der Waals surface area contributed by atoms with Crippen LogP contribution in [0.3, 0.4) is 0 Å². The Balaban J connectivity index is 2.28. The van der Waals surface area contributed by atoms with Crippen molar-refractivity contribution in [2.24, 2.45) is 4.99 Å². The fourth-order valence-corrected chi connectivity index (χ4v) is 6.92. The molecule has 53 heavy (non-hydrogen) atoms. The summed E-state index contributed by atoms with van der Waals surface area (Å²) in [4.78, 5) is 4.98. The van der Waals surface area contributed by atoms with E-state index >= 15 is 0 Å². The highest BCUT2D eigenvalue weighted by Gasteiger charge is 2.44. The Morgan fingerprint density at radius 2 is 1.04 bits per heavy atom. The van der Waals surface area contributed by atoms with Crippen LogP contribution >= 0.6 is 0 Å². The smallest absolute Gasteiger partial charge is 0.168 e. The lowest BCUT2D eigenvalue weighted by Gasteiger charge is -2.40. The van der Waals surface area contributed by atoms with Gasteiger partial charge in [-0.2, -0.15) is 0 Å². The number of phenolic OH excluding ortho intramolecular Hbond substituents is 1. The van der Waals surface area contributed by atoms with Crippen molar-refractivity contribution in [3.05, 3.63) is 123 Å². The molecule has 0 spiro atoms. The molecule has 4 aromatic carbocycles. The first-order chi connectivity index (χ1) is 24.3. The normalized spacial score (nSPS) is 13.8. The number of phenols is 1. The average Bonchev–Trinajstić information content (AvgIpc) is 3.05. The number of benzene rings is 4. The van der Waals surface area contributed by atoms with Gasteiger partial charge < -0.3 is 19.7 Å². The van der Waals surface area contributed by atoms with Crippen molar-refractivity contribution in [3.8, 4) is 17.2 Å². The number of aliphatic imine (C=N–C) groups is 1. The van der Waals surface area contributed by atoms with Gasteiger partial charge in [-0.15, -0.1) is 0 Å². The van der Waals surface area contributed by atoms with Gasteiger partial charge in [0.05, 0.1) is 20.3 Å². The van der Waals surface area contributed by atoms with Gasteiger partial charge in [0.15, 0.2) is 11.6 Å². The Labute approximate surface area is 316 Å². The zero-order valence-corrected chi connectivity index (χ0v) is 34.1. The Bertz CT molecular complexity index is 1800. The molecule has 4 rings (SSSR count). The predicted octanol–water partition coefficient (Wildman–Crippen LogP) is 10.8. The number of rotatable bonds is 9. The molecule has 5 nitrogen and oxygen atoms in total. The SMILES string of the molecule is COc1c(C(C)(C)C)cc(C(O)(c2cc(C(C)(C)C)c(OC)c(C(C)(C)C)c2)C(Cc2ccccc2)N=Cc2cc(F)cc(F)c2O)cc1C(C)(C)C. The summed E-state index contributed by atoms with van der Waals surface area (Å²) >= 11 is 0. The van der Waals surface area contributed by atoms with Crippen LogP contribution in [-0.4, -0.2) is 36.7 Å². The number of aliphatic hydroxyl groups is 1. The summed E-state index contributed by atoms with van der Waals surface area (Å²) < 4.78 is 41.4. The second-order valence-electron chi connectivity index (χ2n) is 18.3. The number of hydrogen-bond donors (Lipinski definition) is 2. The van der Waals surface area contributed by atoms with Crippen molar-refractivity contribution < 1.29 is 28.5 Å². The number of nitrogens with zero attached hydrogens (tertiary/aromatic N) is 1. The Morgan fingerprint density at radius 1 is 0.642 bits per heavy atom. The molecule has 4 aromatic rings. The quantitative estimate of drug-likeness (QED) is 0.168. The minimum atomic E-state index is -1.84. The first-order valence-corrected chi connectivity index (χ1v) is 18.3. The lowest BCUT2D eigenvalue weighted by atomic mass is 9.70. The second kappa shape index (κ2) is 14.9. The summed E-state index contributed by atoms with van der Waals surface area (Å²) in [5, 5.41) is 24.7. The predicted molar refractivity (Wildman–Crippen MR) is 213 cm³/mol. The van der Waals surface area contributed by atoms with Gasteiger partial charge in [-0.05, 0) is 75.1 Å². The maximum atomic E-state index is 14.6. The minimum Gasteiger partial charge on any atom is -0.504 e. The summed E-state index contributed by atoms with van der Waals surface area (Å²) in [6.07, 6.45) is 1.51.